The molecule has 0 fully saturated rings. The van der Waals surface area contributed by atoms with Crippen molar-refractivity contribution in [2.45, 2.75) is 9.79 Å². The van der Waals surface area contributed by atoms with Crippen LogP contribution in [0.1, 0.15) is 0 Å². The summed E-state index contributed by atoms with van der Waals surface area (Å²) in [6, 6.07) is 13.5. The summed E-state index contributed by atoms with van der Waals surface area (Å²) >= 11 is 5.71. The lowest BCUT2D eigenvalue weighted by Crippen LogP contribution is -1.92. The van der Waals surface area contributed by atoms with E-state index in [9.17, 15) is 9.32 Å². The van der Waals surface area contributed by atoms with Crippen LogP contribution in [0, 0.1) is 0 Å². The van der Waals surface area contributed by atoms with Crippen molar-refractivity contribution < 1.29 is 9.32 Å². The van der Waals surface area contributed by atoms with Gasteiger partial charge in [-0.25, -0.2) is 4.21 Å². The summed E-state index contributed by atoms with van der Waals surface area (Å²) in [5.74, 6) is -0.0466. The van der Waals surface area contributed by atoms with Crippen molar-refractivity contribution in [2.75, 3.05) is 0 Å². The van der Waals surface area contributed by atoms with Crippen LogP contribution in [0.4, 0.5) is 0 Å². The van der Waals surface area contributed by atoms with Crippen molar-refractivity contribution in [1.29, 1.82) is 0 Å². The molecule has 0 aromatic heterocycles. The first-order valence-electron chi connectivity index (χ1n) is 4.64. The predicted molar refractivity (Wildman–Crippen MR) is 64.2 cm³/mol. The molecule has 0 amide bonds. The van der Waals surface area contributed by atoms with Gasteiger partial charge in [0.15, 0.2) is 0 Å². The highest BCUT2D eigenvalue weighted by Crippen LogP contribution is 2.27. The average Bonchev–Trinajstić information content (AvgIpc) is 2.29. The lowest BCUT2D eigenvalue weighted by atomic mass is 10.3. The van der Waals surface area contributed by atoms with Gasteiger partial charge in [-0.1, -0.05) is 29.8 Å². The largest absolute Gasteiger partial charge is 0.507 e. The molecule has 2 rings (SSSR count). The number of hydrogen-bond acceptors (Lipinski definition) is 2. The van der Waals surface area contributed by atoms with E-state index in [2.05, 4.69) is 0 Å². The van der Waals surface area contributed by atoms with Crippen LogP contribution in [0.25, 0.3) is 0 Å². The van der Waals surface area contributed by atoms with Crippen LogP contribution in [0.15, 0.2) is 58.3 Å². The highest BCUT2D eigenvalue weighted by atomic mass is 35.5. The van der Waals surface area contributed by atoms with Gasteiger partial charge in [-0.3, -0.25) is 0 Å². The molecule has 0 saturated heterocycles. The van der Waals surface area contributed by atoms with Crippen LogP contribution in [-0.4, -0.2) is 9.32 Å². The molecule has 0 radical (unpaired) electrons. The van der Waals surface area contributed by atoms with Gasteiger partial charge in [-0.15, -0.1) is 0 Å². The molecular formula is C12H9ClO2S. The van der Waals surface area contributed by atoms with Gasteiger partial charge in [0.05, 0.1) is 15.7 Å². The maximum atomic E-state index is 12.1. The molecule has 16 heavy (non-hydrogen) atoms. The SMILES string of the molecule is O=S(c1ccccc1)c1ccc(Cl)cc1O. The van der Waals surface area contributed by atoms with Crippen LogP contribution >= 0.6 is 11.6 Å². The van der Waals surface area contributed by atoms with Gasteiger partial charge in [-0.05, 0) is 30.3 Å². The van der Waals surface area contributed by atoms with Gasteiger partial charge >= 0.3 is 0 Å². The number of aromatic hydroxyl groups is 1. The van der Waals surface area contributed by atoms with Gasteiger partial charge in [0.25, 0.3) is 0 Å². The number of phenolic OH excluding ortho intramolecular Hbond substituents is 1. The predicted octanol–water partition coefficient (Wildman–Crippen LogP) is 3.21. The van der Waals surface area contributed by atoms with Gasteiger partial charge in [-0.2, -0.15) is 0 Å². The number of benzene rings is 2. The Morgan fingerprint density at radius 3 is 2.38 bits per heavy atom. The maximum Gasteiger partial charge on any atom is 0.133 e. The third-order valence-corrected chi connectivity index (χ3v) is 3.76. The molecule has 2 nitrogen and oxygen atoms in total. The molecule has 0 spiro atoms. The molecule has 2 aromatic rings. The fourth-order valence-electron chi connectivity index (χ4n) is 1.32. The van der Waals surface area contributed by atoms with E-state index < -0.39 is 10.8 Å². The number of rotatable bonds is 2. The Bertz CT molecular complexity index is 526. The van der Waals surface area contributed by atoms with Crippen molar-refractivity contribution in [3.8, 4) is 5.75 Å². The van der Waals surface area contributed by atoms with Gasteiger partial charge in [0, 0.05) is 9.92 Å². The summed E-state index contributed by atoms with van der Waals surface area (Å²) in [5.41, 5.74) is 0. The lowest BCUT2D eigenvalue weighted by molar-refractivity contribution is 0.461. The van der Waals surface area contributed by atoms with Gasteiger partial charge < -0.3 is 5.11 Å². The summed E-state index contributed by atoms with van der Waals surface area (Å²) in [6.45, 7) is 0. The zero-order valence-electron chi connectivity index (χ0n) is 8.26. The van der Waals surface area contributed by atoms with E-state index in [4.69, 9.17) is 11.6 Å². The van der Waals surface area contributed by atoms with E-state index >= 15 is 0 Å². The van der Waals surface area contributed by atoms with Crippen LogP contribution in [0.5, 0.6) is 5.75 Å². The molecule has 1 N–H and O–H groups in total. The van der Waals surface area contributed by atoms with Gasteiger partial charge in [0.2, 0.25) is 0 Å². The standard InChI is InChI=1S/C12H9ClO2S/c13-9-6-7-12(11(14)8-9)16(15)10-4-2-1-3-5-10/h1-8,14H. The van der Waals surface area contributed by atoms with Crippen molar-refractivity contribution >= 4 is 22.4 Å². The van der Waals surface area contributed by atoms with Crippen LogP contribution in [0.3, 0.4) is 0 Å². The summed E-state index contributed by atoms with van der Waals surface area (Å²) in [6.07, 6.45) is 0. The third-order valence-electron chi connectivity index (χ3n) is 2.08. The fourth-order valence-corrected chi connectivity index (χ4v) is 2.58. The second kappa shape index (κ2) is 4.68. The minimum absolute atomic E-state index is 0.0466. The number of halogens is 1. The lowest BCUT2D eigenvalue weighted by Gasteiger charge is -2.04. The Balaban J connectivity index is 2.42. The average molecular weight is 253 g/mol. The van der Waals surface area contributed by atoms with E-state index in [0.29, 0.717) is 14.8 Å². The maximum absolute atomic E-state index is 12.1. The summed E-state index contributed by atoms with van der Waals surface area (Å²) in [4.78, 5) is 1.02. The molecule has 1 atom stereocenters. The first kappa shape index (κ1) is 11.2. The first-order chi connectivity index (χ1) is 7.68. The van der Waals surface area contributed by atoms with Crippen molar-refractivity contribution in [3.63, 3.8) is 0 Å². The topological polar surface area (TPSA) is 37.3 Å². The summed E-state index contributed by atoms with van der Waals surface area (Å²) in [7, 11) is -1.38. The zero-order valence-corrected chi connectivity index (χ0v) is 9.83. The van der Waals surface area contributed by atoms with Crippen LogP contribution in [-0.2, 0) is 10.8 Å². The Hall–Kier alpha value is -1.32. The Morgan fingerprint density at radius 2 is 1.75 bits per heavy atom. The summed E-state index contributed by atoms with van der Waals surface area (Å²) in [5, 5.41) is 10.1. The van der Waals surface area contributed by atoms with Crippen LogP contribution in [0.2, 0.25) is 5.02 Å². The minimum atomic E-state index is -1.38. The van der Waals surface area contributed by atoms with Crippen molar-refractivity contribution in [2.24, 2.45) is 0 Å². The molecule has 1 unspecified atom stereocenters. The Labute approximate surface area is 101 Å². The molecule has 82 valence electrons. The van der Waals surface area contributed by atoms with Crippen LogP contribution < -0.4 is 0 Å². The molecule has 0 heterocycles. The van der Waals surface area contributed by atoms with Crippen molar-refractivity contribution in [3.05, 3.63) is 53.6 Å². The second-order valence-electron chi connectivity index (χ2n) is 3.19. The molecule has 2 aromatic carbocycles. The zero-order chi connectivity index (χ0) is 11.5. The molecule has 0 aliphatic heterocycles. The molecule has 0 aliphatic carbocycles. The molecule has 0 saturated carbocycles. The van der Waals surface area contributed by atoms with E-state index in [-0.39, 0.29) is 5.75 Å². The normalized spacial score (nSPS) is 12.3. The van der Waals surface area contributed by atoms with Crippen molar-refractivity contribution in [1.82, 2.24) is 0 Å². The third kappa shape index (κ3) is 2.26. The van der Waals surface area contributed by atoms with E-state index in [1.807, 2.05) is 6.07 Å². The Morgan fingerprint density at radius 1 is 1.06 bits per heavy atom. The highest BCUT2D eigenvalue weighted by Gasteiger charge is 2.11. The number of hydrogen-bond donors (Lipinski definition) is 1. The molecule has 0 bridgehead atoms. The number of phenols is 1. The smallest absolute Gasteiger partial charge is 0.133 e. The van der Waals surface area contributed by atoms with E-state index in [0.717, 1.165) is 0 Å². The molecular weight excluding hydrogens is 244 g/mol. The second-order valence-corrected chi connectivity index (χ2v) is 5.08. The fraction of sp³-hybridized carbons (Fsp3) is 0. The van der Waals surface area contributed by atoms with E-state index in [1.165, 1.54) is 6.07 Å². The minimum Gasteiger partial charge on any atom is -0.507 e. The first-order valence-corrected chi connectivity index (χ1v) is 6.16. The molecule has 4 heteroatoms. The monoisotopic (exact) mass is 252 g/mol. The quantitative estimate of drug-likeness (QED) is 0.891. The van der Waals surface area contributed by atoms with E-state index in [1.54, 1.807) is 36.4 Å². The highest BCUT2D eigenvalue weighted by molar-refractivity contribution is 7.85. The molecule has 0 aliphatic rings. The van der Waals surface area contributed by atoms with Gasteiger partial charge in [0.1, 0.15) is 5.75 Å². The summed E-state index contributed by atoms with van der Waals surface area (Å²) < 4.78 is 12.1. The Kier molecular flexibility index (Phi) is 3.27.